The molecule has 1 N–H and O–H groups in total. The molecule has 0 aliphatic heterocycles. The van der Waals surface area contributed by atoms with E-state index in [2.05, 4.69) is 9.97 Å². The minimum atomic E-state index is -3.56. The van der Waals surface area contributed by atoms with Crippen LogP contribution < -0.4 is 5.56 Å². The van der Waals surface area contributed by atoms with Crippen LogP contribution in [0.5, 0.6) is 0 Å². The summed E-state index contributed by atoms with van der Waals surface area (Å²) in [5.41, 5.74) is 0.276. The van der Waals surface area contributed by atoms with Gasteiger partial charge in [0.05, 0.1) is 15.8 Å². The van der Waals surface area contributed by atoms with Gasteiger partial charge in [-0.25, -0.2) is 17.7 Å². The normalized spacial score (nSPS) is 17.0. The number of aromatic nitrogens is 2. The minimum Gasteiger partial charge on any atom is -0.310 e. The van der Waals surface area contributed by atoms with Crippen LogP contribution in [0.15, 0.2) is 27.9 Å². The molecule has 124 valence electrons. The molecule has 1 aromatic heterocycles. The van der Waals surface area contributed by atoms with Crippen LogP contribution in [0.1, 0.15) is 43.8 Å². The Hall–Kier alpha value is -1.73. The Morgan fingerprint density at radius 2 is 1.87 bits per heavy atom. The molecule has 0 unspecified atom stereocenters. The van der Waals surface area contributed by atoms with Crippen LogP contribution in [-0.4, -0.2) is 36.8 Å². The van der Waals surface area contributed by atoms with Crippen LogP contribution in [0.25, 0.3) is 10.9 Å². The zero-order chi connectivity index (χ0) is 16.6. The van der Waals surface area contributed by atoms with Gasteiger partial charge in [-0.15, -0.1) is 0 Å². The van der Waals surface area contributed by atoms with E-state index in [1.807, 2.05) is 0 Å². The van der Waals surface area contributed by atoms with E-state index >= 15 is 0 Å². The van der Waals surface area contributed by atoms with Crippen LogP contribution in [0.4, 0.5) is 0 Å². The van der Waals surface area contributed by atoms with Crippen LogP contribution in [0, 0.1) is 0 Å². The van der Waals surface area contributed by atoms with E-state index in [9.17, 15) is 13.2 Å². The first kappa shape index (κ1) is 16.1. The van der Waals surface area contributed by atoms with Crippen molar-refractivity contribution in [3.8, 4) is 0 Å². The number of benzene rings is 1. The molecule has 0 bridgehead atoms. The summed E-state index contributed by atoms with van der Waals surface area (Å²) in [6, 6.07) is 4.53. The summed E-state index contributed by atoms with van der Waals surface area (Å²) in [5.74, 6) is 1.02. The van der Waals surface area contributed by atoms with Crippen molar-refractivity contribution in [3.63, 3.8) is 0 Å². The maximum absolute atomic E-state index is 12.4. The minimum absolute atomic E-state index is 0.104. The van der Waals surface area contributed by atoms with Gasteiger partial charge in [-0.1, -0.05) is 19.3 Å². The van der Waals surface area contributed by atoms with Gasteiger partial charge in [0.25, 0.3) is 5.56 Å². The molecule has 1 fully saturated rings. The topological polar surface area (TPSA) is 83.1 Å². The zero-order valence-electron chi connectivity index (χ0n) is 13.4. The molecule has 2 aromatic rings. The Bertz CT molecular complexity index is 881. The van der Waals surface area contributed by atoms with Gasteiger partial charge in [-0.05, 0) is 31.0 Å². The molecule has 0 spiro atoms. The fourth-order valence-corrected chi connectivity index (χ4v) is 4.00. The average Bonchev–Trinajstić information content (AvgIpc) is 2.55. The number of nitrogens with one attached hydrogen (secondary N) is 1. The van der Waals surface area contributed by atoms with E-state index < -0.39 is 10.0 Å². The van der Waals surface area contributed by atoms with Gasteiger partial charge < -0.3 is 4.98 Å². The van der Waals surface area contributed by atoms with E-state index in [4.69, 9.17) is 0 Å². The summed E-state index contributed by atoms with van der Waals surface area (Å²) >= 11 is 0. The Balaban J connectivity index is 2.08. The largest absolute Gasteiger partial charge is 0.310 e. The SMILES string of the molecule is CN(C)S(=O)(=O)c1ccc2nc(C3CCCCC3)[nH]c(=O)c2c1. The molecule has 1 aliphatic carbocycles. The van der Waals surface area contributed by atoms with E-state index in [0.29, 0.717) is 16.8 Å². The molecule has 1 heterocycles. The Kier molecular flexibility index (Phi) is 4.25. The van der Waals surface area contributed by atoms with Gasteiger partial charge in [-0.2, -0.15) is 0 Å². The highest BCUT2D eigenvalue weighted by Crippen LogP contribution is 2.30. The van der Waals surface area contributed by atoms with Crippen molar-refractivity contribution in [2.75, 3.05) is 14.1 Å². The lowest BCUT2D eigenvalue weighted by molar-refractivity contribution is 0.429. The van der Waals surface area contributed by atoms with Gasteiger partial charge >= 0.3 is 0 Å². The average molecular weight is 335 g/mol. The van der Waals surface area contributed by atoms with Crippen molar-refractivity contribution >= 4 is 20.9 Å². The molecule has 1 aliphatic rings. The molecule has 0 radical (unpaired) electrons. The van der Waals surface area contributed by atoms with Crippen molar-refractivity contribution in [2.45, 2.75) is 42.9 Å². The standard InChI is InChI=1S/C16H21N3O3S/c1-19(2)23(21,22)12-8-9-14-13(10-12)16(20)18-15(17-14)11-6-4-3-5-7-11/h8-11H,3-7H2,1-2H3,(H,17,18,20). The molecular formula is C16H21N3O3S. The number of rotatable bonds is 3. The highest BCUT2D eigenvalue weighted by molar-refractivity contribution is 7.89. The number of hydrogen-bond donors (Lipinski definition) is 1. The first-order chi connectivity index (χ1) is 10.9. The summed E-state index contributed by atoms with van der Waals surface area (Å²) in [6.45, 7) is 0. The molecule has 7 heteroatoms. The molecule has 0 amide bonds. The highest BCUT2D eigenvalue weighted by atomic mass is 32.2. The lowest BCUT2D eigenvalue weighted by Gasteiger charge is -2.20. The molecule has 1 aromatic carbocycles. The summed E-state index contributed by atoms with van der Waals surface area (Å²) in [6.07, 6.45) is 5.64. The Labute approximate surface area is 135 Å². The monoisotopic (exact) mass is 335 g/mol. The molecule has 1 saturated carbocycles. The van der Waals surface area contributed by atoms with Crippen molar-refractivity contribution in [1.82, 2.24) is 14.3 Å². The second-order valence-corrected chi connectivity index (χ2v) is 8.40. The number of hydrogen-bond acceptors (Lipinski definition) is 4. The second-order valence-electron chi connectivity index (χ2n) is 6.25. The number of nitrogens with zero attached hydrogens (tertiary/aromatic N) is 2. The maximum atomic E-state index is 12.4. The summed E-state index contributed by atoms with van der Waals surface area (Å²) in [7, 11) is -0.630. The summed E-state index contributed by atoms with van der Waals surface area (Å²) in [4.78, 5) is 19.9. The molecule has 0 saturated heterocycles. The first-order valence-electron chi connectivity index (χ1n) is 7.86. The fourth-order valence-electron chi connectivity index (χ4n) is 3.08. The van der Waals surface area contributed by atoms with Gasteiger partial charge in [0.15, 0.2) is 0 Å². The van der Waals surface area contributed by atoms with Crippen LogP contribution >= 0.6 is 0 Å². The first-order valence-corrected chi connectivity index (χ1v) is 9.30. The number of sulfonamides is 1. The van der Waals surface area contributed by atoms with E-state index in [1.165, 1.54) is 32.6 Å². The van der Waals surface area contributed by atoms with Crippen molar-refractivity contribution < 1.29 is 8.42 Å². The third-order valence-electron chi connectivity index (χ3n) is 4.47. The lowest BCUT2D eigenvalue weighted by Crippen LogP contribution is -2.23. The summed E-state index contributed by atoms with van der Waals surface area (Å²) in [5, 5.41) is 0.312. The van der Waals surface area contributed by atoms with Crippen LogP contribution in [0.2, 0.25) is 0 Å². The fraction of sp³-hybridized carbons (Fsp3) is 0.500. The predicted molar refractivity (Wildman–Crippen MR) is 89.1 cm³/mol. The number of H-pyrrole nitrogens is 1. The molecule has 0 atom stereocenters. The third-order valence-corrected chi connectivity index (χ3v) is 6.28. The van der Waals surface area contributed by atoms with E-state index in [0.717, 1.165) is 35.8 Å². The van der Waals surface area contributed by atoms with Crippen LogP contribution in [0.3, 0.4) is 0 Å². The smallest absolute Gasteiger partial charge is 0.258 e. The summed E-state index contributed by atoms with van der Waals surface area (Å²) < 4.78 is 25.5. The van der Waals surface area contributed by atoms with E-state index in [-0.39, 0.29) is 10.5 Å². The van der Waals surface area contributed by atoms with Gasteiger partial charge in [0.1, 0.15) is 5.82 Å². The predicted octanol–water partition coefficient (Wildman–Crippen LogP) is 2.22. The van der Waals surface area contributed by atoms with Gasteiger partial charge in [-0.3, -0.25) is 4.79 Å². The molecular weight excluding hydrogens is 314 g/mol. The van der Waals surface area contributed by atoms with Crippen molar-refractivity contribution in [1.29, 1.82) is 0 Å². The Morgan fingerprint density at radius 1 is 1.17 bits per heavy atom. The molecule has 6 nitrogen and oxygen atoms in total. The van der Waals surface area contributed by atoms with Gasteiger partial charge in [0.2, 0.25) is 10.0 Å². The second kappa shape index (κ2) is 6.05. The lowest BCUT2D eigenvalue weighted by atomic mass is 9.88. The number of aromatic amines is 1. The zero-order valence-corrected chi connectivity index (χ0v) is 14.2. The van der Waals surface area contributed by atoms with Crippen LogP contribution in [-0.2, 0) is 10.0 Å². The van der Waals surface area contributed by atoms with Crippen molar-refractivity contribution in [2.24, 2.45) is 0 Å². The van der Waals surface area contributed by atoms with Gasteiger partial charge in [0, 0.05) is 20.0 Å². The quantitative estimate of drug-likeness (QED) is 0.932. The Morgan fingerprint density at radius 3 is 2.52 bits per heavy atom. The highest BCUT2D eigenvalue weighted by Gasteiger charge is 2.21. The third kappa shape index (κ3) is 3.03. The maximum Gasteiger partial charge on any atom is 0.258 e. The number of fused-ring (bicyclic) bond motifs is 1. The molecule has 3 rings (SSSR count). The van der Waals surface area contributed by atoms with E-state index in [1.54, 1.807) is 6.07 Å². The van der Waals surface area contributed by atoms with Crippen molar-refractivity contribution in [3.05, 3.63) is 34.4 Å². The molecule has 23 heavy (non-hydrogen) atoms.